The van der Waals surface area contributed by atoms with Crippen molar-refractivity contribution in [1.29, 1.82) is 0 Å². The van der Waals surface area contributed by atoms with Gasteiger partial charge in [0.05, 0.1) is 30.1 Å². The molecule has 2 aliphatic heterocycles. The monoisotopic (exact) mass is 357 g/mol. The van der Waals surface area contributed by atoms with Crippen LogP contribution in [0.15, 0.2) is 28.8 Å². The summed E-state index contributed by atoms with van der Waals surface area (Å²) in [6, 6.07) is 6.86. The number of benzene rings is 1. The second-order valence-electron chi connectivity index (χ2n) is 6.56. The fourth-order valence-corrected chi connectivity index (χ4v) is 3.47. The van der Waals surface area contributed by atoms with Crippen LogP contribution in [0.5, 0.6) is 0 Å². The summed E-state index contributed by atoms with van der Waals surface area (Å²) < 4.78 is 5.22. The number of aliphatic hydroxyl groups is 1. The molecule has 4 rings (SSSR count). The Morgan fingerprint density at radius 2 is 2.23 bits per heavy atom. The number of likely N-dealkylation sites (tertiary alicyclic amines) is 1. The summed E-state index contributed by atoms with van der Waals surface area (Å²) in [4.78, 5) is 32.3. The fourth-order valence-electron chi connectivity index (χ4n) is 3.47. The number of β-amino-alcohol motifs (C(OH)–C–C–N with tert-alkyl or cyclic N) is 1. The fraction of sp³-hybridized carbons (Fsp3) is 0.412. The second-order valence-corrected chi connectivity index (χ2v) is 6.56. The summed E-state index contributed by atoms with van der Waals surface area (Å²) >= 11 is 0. The molecule has 2 atom stereocenters. The minimum atomic E-state index is -0.572. The van der Waals surface area contributed by atoms with Gasteiger partial charge in [0.15, 0.2) is 5.82 Å². The maximum absolute atomic E-state index is 12.9. The molecular formula is C17H19N5O4. The van der Waals surface area contributed by atoms with Crippen LogP contribution < -0.4 is 10.2 Å². The molecule has 3 heterocycles. The molecule has 2 N–H and O–H groups in total. The van der Waals surface area contributed by atoms with Crippen molar-refractivity contribution in [3.05, 3.63) is 36.0 Å². The summed E-state index contributed by atoms with van der Waals surface area (Å²) in [6.07, 6.45) is -0.150. The number of nitrogens with one attached hydrogen (secondary N) is 1. The summed E-state index contributed by atoms with van der Waals surface area (Å²) in [5, 5.41) is 16.6. The van der Waals surface area contributed by atoms with Gasteiger partial charge in [0.2, 0.25) is 17.7 Å². The van der Waals surface area contributed by atoms with Gasteiger partial charge in [-0.15, -0.1) is 0 Å². The average Bonchev–Trinajstić information content (AvgIpc) is 3.19. The molecule has 2 aromatic rings. The minimum absolute atomic E-state index is 0.0312. The van der Waals surface area contributed by atoms with Crippen LogP contribution in [-0.4, -0.2) is 57.7 Å². The number of hydrogen-bond acceptors (Lipinski definition) is 7. The summed E-state index contributed by atoms with van der Waals surface area (Å²) in [5.74, 6) is 0.447. The van der Waals surface area contributed by atoms with Gasteiger partial charge in [-0.1, -0.05) is 17.3 Å². The number of aryl methyl sites for hydroxylation is 1. The molecule has 0 bridgehead atoms. The number of aliphatic hydroxyl groups excluding tert-OH is 1. The van der Waals surface area contributed by atoms with Gasteiger partial charge in [0, 0.05) is 6.54 Å². The number of aromatic nitrogens is 2. The number of rotatable bonds is 3. The highest BCUT2D eigenvalue weighted by Crippen LogP contribution is 2.33. The average molecular weight is 357 g/mol. The van der Waals surface area contributed by atoms with Crippen LogP contribution in [0.25, 0.3) is 0 Å². The first-order valence-electron chi connectivity index (χ1n) is 8.43. The van der Waals surface area contributed by atoms with Crippen molar-refractivity contribution in [1.82, 2.24) is 15.0 Å². The highest BCUT2D eigenvalue weighted by molar-refractivity contribution is 6.10. The first-order valence-corrected chi connectivity index (χ1v) is 8.43. The summed E-state index contributed by atoms with van der Waals surface area (Å²) in [7, 11) is 0. The quantitative estimate of drug-likeness (QED) is 0.821. The van der Waals surface area contributed by atoms with Gasteiger partial charge in [0.25, 0.3) is 0 Å². The Bertz CT molecular complexity index is 851. The summed E-state index contributed by atoms with van der Waals surface area (Å²) in [5.41, 5.74) is 1.28. The molecule has 0 aliphatic carbocycles. The lowest BCUT2D eigenvalue weighted by Crippen LogP contribution is -2.46. The van der Waals surface area contributed by atoms with Gasteiger partial charge < -0.3 is 14.9 Å². The number of carbonyl (C=O) groups is 2. The third-order valence-corrected chi connectivity index (χ3v) is 4.62. The lowest BCUT2D eigenvalue weighted by Gasteiger charge is -2.31. The smallest absolute Gasteiger partial charge is 0.244 e. The predicted octanol–water partition coefficient (Wildman–Crippen LogP) is 0.471. The first-order chi connectivity index (χ1) is 12.5. The maximum Gasteiger partial charge on any atom is 0.244 e. The third-order valence-electron chi connectivity index (χ3n) is 4.62. The Labute approximate surface area is 149 Å². The van der Waals surface area contributed by atoms with E-state index in [-0.39, 0.29) is 30.9 Å². The van der Waals surface area contributed by atoms with Crippen molar-refractivity contribution in [3.8, 4) is 0 Å². The van der Waals surface area contributed by atoms with Crippen molar-refractivity contribution in [3.63, 3.8) is 0 Å². The Balaban J connectivity index is 1.55. The van der Waals surface area contributed by atoms with Gasteiger partial charge in [-0.2, -0.15) is 4.98 Å². The van der Waals surface area contributed by atoms with E-state index in [0.717, 1.165) is 0 Å². The van der Waals surface area contributed by atoms with Crippen LogP contribution in [0.3, 0.4) is 0 Å². The molecular weight excluding hydrogens is 338 g/mol. The van der Waals surface area contributed by atoms with E-state index in [4.69, 9.17) is 4.52 Å². The Hall–Kier alpha value is -2.78. The first kappa shape index (κ1) is 16.7. The molecule has 9 nitrogen and oxygen atoms in total. The van der Waals surface area contributed by atoms with Crippen molar-refractivity contribution in [2.45, 2.75) is 25.5 Å². The van der Waals surface area contributed by atoms with Crippen molar-refractivity contribution in [2.24, 2.45) is 0 Å². The van der Waals surface area contributed by atoms with Gasteiger partial charge in [-0.05, 0) is 25.5 Å². The number of carbonyl (C=O) groups excluding carboxylic acids is 2. The molecule has 2 amide bonds. The SMILES string of the molecule is Cc1noc([C@H]2C[C@H](O)CN2CC(=O)N2CC(=O)Nc3ccccc32)n1. The zero-order valence-electron chi connectivity index (χ0n) is 14.3. The Kier molecular flexibility index (Phi) is 4.17. The van der Waals surface area contributed by atoms with Crippen molar-refractivity contribution < 1.29 is 19.2 Å². The largest absolute Gasteiger partial charge is 0.392 e. The number of fused-ring (bicyclic) bond motifs is 1. The van der Waals surface area contributed by atoms with E-state index in [1.807, 2.05) is 11.0 Å². The van der Waals surface area contributed by atoms with E-state index in [1.54, 1.807) is 25.1 Å². The molecule has 1 aromatic heterocycles. The van der Waals surface area contributed by atoms with Gasteiger partial charge >= 0.3 is 0 Å². The normalized spacial score (nSPS) is 23.0. The molecule has 2 aliphatic rings. The van der Waals surface area contributed by atoms with Crippen LogP contribution in [0.1, 0.15) is 24.2 Å². The van der Waals surface area contributed by atoms with Crippen molar-refractivity contribution >= 4 is 23.2 Å². The molecule has 0 saturated carbocycles. The van der Waals surface area contributed by atoms with Crippen LogP contribution in [0.2, 0.25) is 0 Å². The molecule has 26 heavy (non-hydrogen) atoms. The number of hydrogen-bond donors (Lipinski definition) is 2. The van der Waals surface area contributed by atoms with E-state index in [9.17, 15) is 14.7 Å². The van der Waals surface area contributed by atoms with Crippen LogP contribution in [-0.2, 0) is 9.59 Å². The zero-order valence-corrected chi connectivity index (χ0v) is 14.3. The Morgan fingerprint density at radius 3 is 3.00 bits per heavy atom. The van der Waals surface area contributed by atoms with Crippen LogP contribution >= 0.6 is 0 Å². The highest BCUT2D eigenvalue weighted by Gasteiger charge is 2.38. The number of nitrogens with zero attached hydrogens (tertiary/aromatic N) is 4. The standard InChI is InChI=1S/C17H19N5O4/c1-10-18-17(26-20-10)14-6-11(23)7-21(14)9-16(25)22-8-15(24)19-12-4-2-3-5-13(12)22/h2-5,11,14,23H,6-9H2,1H3,(H,19,24)/t11-,14+/m0/s1. The molecule has 1 saturated heterocycles. The van der Waals surface area contributed by atoms with Crippen LogP contribution in [0.4, 0.5) is 11.4 Å². The molecule has 0 spiro atoms. The molecule has 0 radical (unpaired) electrons. The van der Waals surface area contributed by atoms with Crippen LogP contribution in [0, 0.1) is 6.92 Å². The van der Waals surface area contributed by atoms with E-state index < -0.39 is 6.10 Å². The molecule has 9 heteroatoms. The third kappa shape index (κ3) is 3.06. The van der Waals surface area contributed by atoms with Crippen molar-refractivity contribution in [2.75, 3.05) is 29.9 Å². The number of anilines is 2. The zero-order chi connectivity index (χ0) is 18.3. The lowest BCUT2D eigenvalue weighted by molar-refractivity contribution is -0.123. The van der Waals surface area contributed by atoms with E-state index in [2.05, 4.69) is 15.5 Å². The Morgan fingerprint density at radius 1 is 1.42 bits per heavy atom. The van der Waals surface area contributed by atoms with Gasteiger partial charge in [-0.25, -0.2) is 0 Å². The van der Waals surface area contributed by atoms with Gasteiger partial charge in [0.1, 0.15) is 6.54 Å². The van der Waals surface area contributed by atoms with E-state index >= 15 is 0 Å². The number of amides is 2. The molecule has 1 aromatic carbocycles. The van der Waals surface area contributed by atoms with E-state index in [0.29, 0.717) is 36.1 Å². The summed E-state index contributed by atoms with van der Waals surface area (Å²) in [6.45, 7) is 2.07. The predicted molar refractivity (Wildman–Crippen MR) is 91.4 cm³/mol. The number of para-hydroxylation sites is 2. The minimum Gasteiger partial charge on any atom is -0.392 e. The highest BCUT2D eigenvalue weighted by atomic mass is 16.5. The van der Waals surface area contributed by atoms with Gasteiger partial charge in [-0.3, -0.25) is 19.4 Å². The molecule has 1 fully saturated rings. The molecule has 136 valence electrons. The second kappa shape index (κ2) is 6.50. The maximum atomic E-state index is 12.9. The van der Waals surface area contributed by atoms with E-state index in [1.165, 1.54) is 4.90 Å². The topological polar surface area (TPSA) is 112 Å². The lowest BCUT2D eigenvalue weighted by atomic mass is 10.2. The molecule has 0 unspecified atom stereocenters.